The van der Waals surface area contributed by atoms with E-state index in [1.807, 2.05) is 37.3 Å². The third-order valence-corrected chi connectivity index (χ3v) is 3.61. The summed E-state index contributed by atoms with van der Waals surface area (Å²) in [6.07, 6.45) is -0.538. The lowest BCUT2D eigenvalue weighted by Crippen LogP contribution is -2.10. The van der Waals surface area contributed by atoms with E-state index in [0.717, 1.165) is 16.8 Å². The van der Waals surface area contributed by atoms with Crippen LogP contribution >= 0.6 is 0 Å². The molecule has 0 aromatic heterocycles. The Morgan fingerprint density at radius 1 is 1.14 bits per heavy atom. The first-order valence-electron chi connectivity index (χ1n) is 6.93. The molecule has 0 spiro atoms. The van der Waals surface area contributed by atoms with Gasteiger partial charge in [0.25, 0.3) is 0 Å². The lowest BCUT2D eigenvalue weighted by atomic mass is 10.1. The van der Waals surface area contributed by atoms with Crippen LogP contribution in [0.4, 0.5) is 5.69 Å². The summed E-state index contributed by atoms with van der Waals surface area (Å²) in [6, 6.07) is 11.5. The number of hydrogen-bond donors (Lipinski definition) is 1. The first kappa shape index (κ1) is 14.3. The first-order chi connectivity index (χ1) is 10.6. The molecule has 114 valence electrons. The first-order valence-corrected chi connectivity index (χ1v) is 6.93. The van der Waals surface area contributed by atoms with Gasteiger partial charge < -0.3 is 19.5 Å². The normalized spacial score (nSPS) is 16.0. The fourth-order valence-electron chi connectivity index (χ4n) is 2.59. The summed E-state index contributed by atoms with van der Waals surface area (Å²) < 4.78 is 16.0. The molecule has 1 atom stereocenters. The predicted octanol–water partition coefficient (Wildman–Crippen LogP) is 3.29. The van der Waals surface area contributed by atoms with Crippen molar-refractivity contribution in [3.8, 4) is 11.5 Å². The van der Waals surface area contributed by atoms with Crippen molar-refractivity contribution in [3.63, 3.8) is 0 Å². The summed E-state index contributed by atoms with van der Waals surface area (Å²) in [5.74, 6) is 0.490. The molecule has 1 N–H and O–H groups in total. The van der Waals surface area contributed by atoms with Crippen LogP contribution in [0.5, 0.6) is 11.5 Å². The molecule has 0 aliphatic carbocycles. The maximum Gasteiger partial charge on any atom is 0.344 e. The van der Waals surface area contributed by atoms with Gasteiger partial charge in [0.05, 0.1) is 14.2 Å². The smallest absolute Gasteiger partial charge is 0.344 e. The van der Waals surface area contributed by atoms with Crippen molar-refractivity contribution in [1.29, 1.82) is 0 Å². The number of carbonyl (C=O) groups is 1. The van der Waals surface area contributed by atoms with Crippen molar-refractivity contribution in [2.75, 3.05) is 19.5 Å². The molecule has 0 bridgehead atoms. The zero-order valence-electron chi connectivity index (χ0n) is 12.7. The van der Waals surface area contributed by atoms with Crippen LogP contribution in [0.3, 0.4) is 0 Å². The number of rotatable bonds is 4. The average molecular weight is 299 g/mol. The Balaban J connectivity index is 1.98. The van der Waals surface area contributed by atoms with E-state index < -0.39 is 12.2 Å². The van der Waals surface area contributed by atoms with Crippen LogP contribution in [0.2, 0.25) is 0 Å². The molecule has 0 unspecified atom stereocenters. The minimum Gasteiger partial charge on any atom is -0.493 e. The van der Waals surface area contributed by atoms with Crippen LogP contribution < -0.4 is 14.8 Å². The molecule has 0 fully saturated rings. The SMILES string of the molecule is COc1ccc2c(c1OC)C(=O)O[C@H]2Nc1cccc(C)c1. The Morgan fingerprint density at radius 3 is 2.64 bits per heavy atom. The quantitative estimate of drug-likeness (QED) is 0.878. The Kier molecular flexibility index (Phi) is 3.63. The zero-order valence-corrected chi connectivity index (χ0v) is 12.7. The number of anilines is 1. The molecule has 1 heterocycles. The molecule has 5 nitrogen and oxygen atoms in total. The van der Waals surface area contributed by atoms with E-state index in [1.54, 1.807) is 6.07 Å². The van der Waals surface area contributed by atoms with Crippen LogP contribution in [0.25, 0.3) is 0 Å². The summed E-state index contributed by atoms with van der Waals surface area (Å²) >= 11 is 0. The van der Waals surface area contributed by atoms with E-state index in [9.17, 15) is 4.79 Å². The Morgan fingerprint density at radius 2 is 1.95 bits per heavy atom. The van der Waals surface area contributed by atoms with E-state index >= 15 is 0 Å². The third kappa shape index (κ3) is 2.35. The topological polar surface area (TPSA) is 56.8 Å². The van der Waals surface area contributed by atoms with Gasteiger partial charge in [0.15, 0.2) is 11.5 Å². The minimum absolute atomic E-state index is 0.401. The Labute approximate surface area is 128 Å². The summed E-state index contributed by atoms with van der Waals surface area (Å²) in [7, 11) is 3.04. The summed E-state index contributed by atoms with van der Waals surface area (Å²) in [5, 5.41) is 3.22. The molecular formula is C17H17NO4. The van der Waals surface area contributed by atoms with Crippen molar-refractivity contribution >= 4 is 11.7 Å². The molecule has 3 rings (SSSR count). The molecule has 5 heteroatoms. The van der Waals surface area contributed by atoms with Crippen molar-refractivity contribution in [2.45, 2.75) is 13.2 Å². The molecule has 1 aliphatic rings. The maximum atomic E-state index is 12.2. The van der Waals surface area contributed by atoms with Gasteiger partial charge in [0.1, 0.15) is 5.56 Å². The molecule has 0 amide bonds. The summed E-state index contributed by atoms with van der Waals surface area (Å²) in [6.45, 7) is 2.01. The van der Waals surface area contributed by atoms with Gasteiger partial charge in [0, 0.05) is 11.3 Å². The second-order valence-corrected chi connectivity index (χ2v) is 5.06. The Hall–Kier alpha value is -2.69. The van der Waals surface area contributed by atoms with E-state index in [0.29, 0.717) is 17.1 Å². The van der Waals surface area contributed by atoms with Gasteiger partial charge in [-0.15, -0.1) is 0 Å². The fraction of sp³-hybridized carbons (Fsp3) is 0.235. The van der Waals surface area contributed by atoms with Gasteiger partial charge in [-0.1, -0.05) is 12.1 Å². The van der Waals surface area contributed by atoms with E-state index in [1.165, 1.54) is 14.2 Å². The second-order valence-electron chi connectivity index (χ2n) is 5.06. The summed E-state index contributed by atoms with van der Waals surface area (Å²) in [5.41, 5.74) is 3.17. The number of cyclic esters (lactones) is 1. The van der Waals surface area contributed by atoms with Gasteiger partial charge in [-0.05, 0) is 36.8 Å². The lowest BCUT2D eigenvalue weighted by Gasteiger charge is -2.15. The number of fused-ring (bicyclic) bond motifs is 1. The number of nitrogens with one attached hydrogen (secondary N) is 1. The highest BCUT2D eigenvalue weighted by atomic mass is 16.6. The minimum atomic E-state index is -0.538. The molecule has 22 heavy (non-hydrogen) atoms. The fourth-order valence-corrected chi connectivity index (χ4v) is 2.59. The monoisotopic (exact) mass is 299 g/mol. The molecule has 2 aromatic rings. The lowest BCUT2D eigenvalue weighted by molar-refractivity contribution is 0.0435. The number of carbonyl (C=O) groups excluding carboxylic acids is 1. The second kappa shape index (κ2) is 5.60. The van der Waals surface area contributed by atoms with E-state index in [4.69, 9.17) is 14.2 Å². The number of methoxy groups -OCH3 is 2. The number of ether oxygens (including phenoxy) is 3. The highest BCUT2D eigenvalue weighted by Gasteiger charge is 2.35. The van der Waals surface area contributed by atoms with Gasteiger partial charge in [-0.3, -0.25) is 0 Å². The van der Waals surface area contributed by atoms with Gasteiger partial charge in [-0.25, -0.2) is 4.79 Å². The van der Waals surface area contributed by atoms with Crippen LogP contribution in [0, 0.1) is 6.92 Å². The Bertz CT molecular complexity index is 727. The largest absolute Gasteiger partial charge is 0.493 e. The highest BCUT2D eigenvalue weighted by molar-refractivity contribution is 5.98. The van der Waals surface area contributed by atoms with Gasteiger partial charge in [0.2, 0.25) is 6.23 Å². The average Bonchev–Trinajstić information content (AvgIpc) is 2.82. The number of aryl methyl sites for hydroxylation is 1. The van der Waals surface area contributed by atoms with Gasteiger partial charge in [-0.2, -0.15) is 0 Å². The molecule has 0 saturated carbocycles. The number of benzene rings is 2. The van der Waals surface area contributed by atoms with E-state index in [2.05, 4.69) is 5.32 Å². The van der Waals surface area contributed by atoms with Crippen molar-refractivity contribution < 1.29 is 19.0 Å². The zero-order chi connectivity index (χ0) is 15.7. The van der Waals surface area contributed by atoms with Crippen LogP contribution in [-0.4, -0.2) is 20.2 Å². The van der Waals surface area contributed by atoms with Gasteiger partial charge >= 0.3 is 5.97 Å². The third-order valence-electron chi connectivity index (χ3n) is 3.61. The molecule has 1 aliphatic heterocycles. The van der Waals surface area contributed by atoms with Crippen molar-refractivity contribution in [2.24, 2.45) is 0 Å². The summed E-state index contributed by atoms with van der Waals surface area (Å²) in [4.78, 5) is 12.2. The highest BCUT2D eigenvalue weighted by Crippen LogP contribution is 2.42. The molecule has 0 radical (unpaired) electrons. The molecule has 0 saturated heterocycles. The molecular weight excluding hydrogens is 282 g/mol. The number of esters is 1. The van der Waals surface area contributed by atoms with Crippen LogP contribution in [-0.2, 0) is 4.74 Å². The standard InChI is InChI=1S/C17H17NO4/c1-10-5-4-6-11(9-10)18-16-12-7-8-13(20-2)15(21-3)14(12)17(19)22-16/h4-9,16,18H,1-3H3/t16-/m1/s1. The van der Waals surface area contributed by atoms with Crippen LogP contribution in [0.15, 0.2) is 36.4 Å². The van der Waals surface area contributed by atoms with Crippen molar-refractivity contribution in [1.82, 2.24) is 0 Å². The molecule has 2 aromatic carbocycles. The maximum absolute atomic E-state index is 12.2. The predicted molar refractivity (Wildman–Crippen MR) is 82.5 cm³/mol. The number of hydrogen-bond acceptors (Lipinski definition) is 5. The van der Waals surface area contributed by atoms with Crippen LogP contribution in [0.1, 0.15) is 27.7 Å². The van der Waals surface area contributed by atoms with E-state index in [-0.39, 0.29) is 0 Å². The van der Waals surface area contributed by atoms with Crippen molar-refractivity contribution in [3.05, 3.63) is 53.1 Å².